The molecule has 7 heteroatoms. The van der Waals surface area contributed by atoms with Crippen LogP contribution >= 0.6 is 0 Å². The molecular weight excluding hydrogens is 330 g/mol. The fourth-order valence-corrected chi connectivity index (χ4v) is 3.07. The van der Waals surface area contributed by atoms with Gasteiger partial charge in [0.2, 0.25) is 0 Å². The molecule has 0 aliphatic carbocycles. The first-order valence-electron chi connectivity index (χ1n) is 9.62. The highest BCUT2D eigenvalue weighted by Gasteiger charge is 2.27. The van der Waals surface area contributed by atoms with Crippen LogP contribution in [0.2, 0.25) is 0 Å². The standard InChI is InChI=1S/C19H33N5O2/c1-4-20-18(22-11-10-21-17(25)16-9-8-14-26-16)23-15-19(2,3)24-12-6-5-7-13-24/h8-9,14H,4-7,10-13,15H2,1-3H3,(H,21,25)(H2,20,22,23). The van der Waals surface area contributed by atoms with E-state index in [1.807, 2.05) is 6.92 Å². The number of furan rings is 1. The highest BCUT2D eigenvalue weighted by molar-refractivity contribution is 5.91. The average molecular weight is 364 g/mol. The molecule has 1 aromatic rings. The highest BCUT2D eigenvalue weighted by atomic mass is 16.3. The molecular formula is C19H33N5O2. The zero-order valence-corrected chi connectivity index (χ0v) is 16.3. The Morgan fingerprint density at radius 2 is 1.92 bits per heavy atom. The normalized spacial score (nSPS) is 16.3. The maximum Gasteiger partial charge on any atom is 0.287 e. The van der Waals surface area contributed by atoms with Crippen LogP contribution in [-0.4, -0.2) is 61.6 Å². The number of guanidine groups is 1. The van der Waals surface area contributed by atoms with Gasteiger partial charge in [-0.1, -0.05) is 6.42 Å². The zero-order chi connectivity index (χ0) is 18.8. The summed E-state index contributed by atoms with van der Waals surface area (Å²) in [5.74, 6) is 0.906. The van der Waals surface area contributed by atoms with E-state index in [1.54, 1.807) is 12.1 Å². The van der Waals surface area contributed by atoms with Gasteiger partial charge in [-0.2, -0.15) is 0 Å². The Kier molecular flexibility index (Phi) is 7.97. The number of hydrogen-bond acceptors (Lipinski definition) is 4. The second-order valence-electron chi connectivity index (χ2n) is 7.22. The number of aliphatic imine (C=N–C) groups is 1. The van der Waals surface area contributed by atoms with E-state index in [0.29, 0.717) is 18.8 Å². The molecule has 1 saturated heterocycles. The molecule has 2 rings (SSSR count). The third kappa shape index (κ3) is 6.37. The van der Waals surface area contributed by atoms with E-state index >= 15 is 0 Å². The van der Waals surface area contributed by atoms with Crippen molar-refractivity contribution in [1.29, 1.82) is 0 Å². The third-order valence-corrected chi connectivity index (χ3v) is 4.63. The van der Waals surface area contributed by atoms with Gasteiger partial charge in [-0.05, 0) is 58.8 Å². The van der Waals surface area contributed by atoms with Gasteiger partial charge in [0.05, 0.1) is 12.8 Å². The molecule has 0 spiro atoms. The van der Waals surface area contributed by atoms with Crippen LogP contribution in [-0.2, 0) is 0 Å². The molecule has 0 bridgehead atoms. The molecule has 1 fully saturated rings. The number of rotatable bonds is 8. The topological polar surface area (TPSA) is 81.9 Å². The van der Waals surface area contributed by atoms with E-state index in [2.05, 4.69) is 34.7 Å². The molecule has 7 nitrogen and oxygen atoms in total. The first kappa shape index (κ1) is 20.3. The minimum absolute atomic E-state index is 0.0519. The maximum absolute atomic E-state index is 11.8. The van der Waals surface area contributed by atoms with Crippen LogP contribution in [0.1, 0.15) is 50.6 Å². The van der Waals surface area contributed by atoms with Crippen molar-refractivity contribution in [1.82, 2.24) is 20.9 Å². The van der Waals surface area contributed by atoms with Crippen LogP contribution in [0.15, 0.2) is 27.8 Å². The predicted molar refractivity (Wildman–Crippen MR) is 105 cm³/mol. The number of nitrogens with one attached hydrogen (secondary N) is 3. The molecule has 0 unspecified atom stereocenters. The lowest BCUT2D eigenvalue weighted by atomic mass is 9.99. The van der Waals surface area contributed by atoms with Gasteiger partial charge in [0.15, 0.2) is 11.7 Å². The Balaban J connectivity index is 1.77. The van der Waals surface area contributed by atoms with Gasteiger partial charge in [-0.25, -0.2) is 0 Å². The zero-order valence-electron chi connectivity index (χ0n) is 16.3. The summed E-state index contributed by atoms with van der Waals surface area (Å²) in [6.45, 7) is 11.5. The molecule has 0 atom stereocenters. The number of carbonyl (C=O) groups excluding carboxylic acids is 1. The van der Waals surface area contributed by atoms with Gasteiger partial charge in [-0.15, -0.1) is 0 Å². The van der Waals surface area contributed by atoms with Gasteiger partial charge in [-0.3, -0.25) is 14.7 Å². The van der Waals surface area contributed by atoms with Crippen molar-refractivity contribution in [3.8, 4) is 0 Å². The largest absolute Gasteiger partial charge is 0.459 e. The van der Waals surface area contributed by atoms with Gasteiger partial charge < -0.3 is 20.4 Å². The number of nitrogens with zero attached hydrogens (tertiary/aromatic N) is 2. The number of piperidine rings is 1. The molecule has 1 aromatic heterocycles. The summed E-state index contributed by atoms with van der Waals surface area (Å²) < 4.78 is 5.07. The highest BCUT2D eigenvalue weighted by Crippen LogP contribution is 2.20. The lowest BCUT2D eigenvalue weighted by Crippen LogP contribution is -2.50. The second kappa shape index (κ2) is 10.2. The lowest BCUT2D eigenvalue weighted by Gasteiger charge is -2.40. The molecule has 2 heterocycles. The first-order chi connectivity index (χ1) is 12.5. The minimum atomic E-state index is -0.204. The smallest absolute Gasteiger partial charge is 0.287 e. The van der Waals surface area contributed by atoms with Gasteiger partial charge in [0.1, 0.15) is 0 Å². The van der Waals surface area contributed by atoms with Crippen molar-refractivity contribution in [2.75, 3.05) is 39.3 Å². The summed E-state index contributed by atoms with van der Waals surface area (Å²) in [4.78, 5) is 19.1. The Morgan fingerprint density at radius 3 is 2.58 bits per heavy atom. The van der Waals surface area contributed by atoms with Crippen molar-refractivity contribution in [3.05, 3.63) is 24.2 Å². The van der Waals surface area contributed by atoms with Gasteiger partial charge >= 0.3 is 0 Å². The van der Waals surface area contributed by atoms with E-state index in [-0.39, 0.29) is 11.4 Å². The van der Waals surface area contributed by atoms with Crippen molar-refractivity contribution < 1.29 is 9.21 Å². The van der Waals surface area contributed by atoms with E-state index in [9.17, 15) is 4.79 Å². The molecule has 1 aliphatic heterocycles. The average Bonchev–Trinajstić information content (AvgIpc) is 3.18. The fraction of sp³-hybridized carbons (Fsp3) is 0.684. The van der Waals surface area contributed by atoms with Crippen LogP contribution in [0, 0.1) is 0 Å². The summed E-state index contributed by atoms with van der Waals surface area (Å²) >= 11 is 0. The van der Waals surface area contributed by atoms with Crippen LogP contribution in [0.5, 0.6) is 0 Å². The van der Waals surface area contributed by atoms with Crippen molar-refractivity contribution >= 4 is 11.9 Å². The quantitative estimate of drug-likeness (QED) is 0.373. The SMILES string of the molecule is CCNC(=NCC(C)(C)N1CCCCC1)NCCNC(=O)c1ccco1. The summed E-state index contributed by atoms with van der Waals surface area (Å²) in [6.07, 6.45) is 5.39. The maximum atomic E-state index is 11.8. The second-order valence-corrected chi connectivity index (χ2v) is 7.22. The summed E-state index contributed by atoms with van der Waals surface area (Å²) in [5.41, 5.74) is 0.0519. The van der Waals surface area contributed by atoms with Crippen LogP contribution in [0.25, 0.3) is 0 Å². The Bertz CT molecular complexity index is 562. The summed E-state index contributed by atoms with van der Waals surface area (Å²) in [7, 11) is 0. The van der Waals surface area contributed by atoms with Crippen LogP contribution in [0.4, 0.5) is 0 Å². The predicted octanol–water partition coefficient (Wildman–Crippen LogP) is 1.83. The number of likely N-dealkylation sites (tertiary alicyclic amines) is 1. The van der Waals surface area contributed by atoms with Crippen LogP contribution in [0.3, 0.4) is 0 Å². The Hall–Kier alpha value is -2.02. The van der Waals surface area contributed by atoms with Gasteiger partial charge in [0.25, 0.3) is 5.91 Å². The minimum Gasteiger partial charge on any atom is -0.459 e. The monoisotopic (exact) mass is 363 g/mol. The summed E-state index contributed by atoms with van der Waals surface area (Å²) in [6, 6.07) is 3.35. The number of hydrogen-bond donors (Lipinski definition) is 3. The molecule has 0 saturated carbocycles. The number of amides is 1. The molecule has 3 N–H and O–H groups in total. The molecule has 0 radical (unpaired) electrons. The molecule has 146 valence electrons. The van der Waals surface area contributed by atoms with Crippen molar-refractivity contribution in [2.24, 2.45) is 4.99 Å². The lowest BCUT2D eigenvalue weighted by molar-refractivity contribution is 0.0926. The van der Waals surface area contributed by atoms with E-state index < -0.39 is 0 Å². The first-order valence-corrected chi connectivity index (χ1v) is 9.62. The van der Waals surface area contributed by atoms with Crippen molar-refractivity contribution in [3.63, 3.8) is 0 Å². The van der Waals surface area contributed by atoms with E-state index in [1.165, 1.54) is 25.5 Å². The Labute approximate surface area is 156 Å². The van der Waals surface area contributed by atoms with E-state index in [4.69, 9.17) is 9.41 Å². The summed E-state index contributed by atoms with van der Waals surface area (Å²) in [5, 5.41) is 9.36. The third-order valence-electron chi connectivity index (χ3n) is 4.63. The van der Waals surface area contributed by atoms with Crippen molar-refractivity contribution in [2.45, 2.75) is 45.6 Å². The van der Waals surface area contributed by atoms with Gasteiger partial charge in [0, 0.05) is 25.2 Å². The molecule has 1 aliphatic rings. The molecule has 1 amide bonds. The molecule has 0 aromatic carbocycles. The molecule has 26 heavy (non-hydrogen) atoms. The number of carbonyl (C=O) groups is 1. The fourth-order valence-electron chi connectivity index (χ4n) is 3.07. The Morgan fingerprint density at radius 1 is 1.19 bits per heavy atom. The van der Waals surface area contributed by atoms with E-state index in [0.717, 1.165) is 32.1 Å². The van der Waals surface area contributed by atoms with Crippen LogP contribution < -0.4 is 16.0 Å².